The highest BCUT2D eigenvalue weighted by molar-refractivity contribution is 7.23. The first-order valence-electron chi connectivity index (χ1n) is 12.2. The number of benzene rings is 2. The summed E-state index contributed by atoms with van der Waals surface area (Å²) in [6.07, 6.45) is 3.95. The maximum absolute atomic E-state index is 15.1. The average molecular weight is 496 g/mol. The molecule has 1 saturated heterocycles. The standard InChI is InChI=1S/C26H27F2N5OS/c27-17-7-12-32(13-8-17)11-1-9-30-25(34)16-2-5-22-23(14-16)35-26-31-21(15-33(22)26)18-3-4-20-19(24(18)28)6-10-29-20/h2-5,14-15,17,29H,1,6-13H2,(H,30,34). The van der Waals surface area contributed by atoms with Crippen molar-refractivity contribution in [1.82, 2.24) is 19.6 Å². The van der Waals surface area contributed by atoms with E-state index in [1.165, 1.54) is 11.3 Å². The number of amides is 1. The molecule has 6 nitrogen and oxygen atoms in total. The highest BCUT2D eigenvalue weighted by atomic mass is 32.1. The van der Waals surface area contributed by atoms with E-state index in [2.05, 4.69) is 20.5 Å². The summed E-state index contributed by atoms with van der Waals surface area (Å²) in [6.45, 7) is 3.81. The van der Waals surface area contributed by atoms with Crippen LogP contribution in [0.5, 0.6) is 0 Å². The third-order valence-corrected chi connectivity index (χ3v) is 8.04. The van der Waals surface area contributed by atoms with Gasteiger partial charge in [0.05, 0.1) is 15.9 Å². The van der Waals surface area contributed by atoms with E-state index in [1.54, 1.807) is 6.07 Å². The molecule has 2 aliphatic heterocycles. The molecule has 4 heterocycles. The van der Waals surface area contributed by atoms with Crippen LogP contribution in [-0.2, 0) is 6.42 Å². The van der Waals surface area contributed by atoms with Crippen molar-refractivity contribution in [1.29, 1.82) is 0 Å². The molecule has 1 amide bonds. The SMILES string of the molecule is O=C(NCCCN1CCC(F)CC1)c1ccc2c(c1)sc1nc(-c3ccc4c(c3F)CCN4)cn12. The van der Waals surface area contributed by atoms with Crippen molar-refractivity contribution in [2.75, 3.05) is 38.0 Å². The van der Waals surface area contributed by atoms with Gasteiger partial charge in [-0.25, -0.2) is 13.8 Å². The smallest absolute Gasteiger partial charge is 0.251 e. The predicted octanol–water partition coefficient (Wildman–Crippen LogP) is 4.88. The monoisotopic (exact) mass is 495 g/mol. The van der Waals surface area contributed by atoms with E-state index in [9.17, 15) is 9.18 Å². The molecule has 9 heteroatoms. The Morgan fingerprint density at radius 2 is 2.09 bits per heavy atom. The van der Waals surface area contributed by atoms with Gasteiger partial charge in [0, 0.05) is 54.8 Å². The van der Waals surface area contributed by atoms with Crippen LogP contribution in [0.3, 0.4) is 0 Å². The summed E-state index contributed by atoms with van der Waals surface area (Å²) in [5.74, 6) is -0.302. The van der Waals surface area contributed by atoms with Crippen LogP contribution in [0.15, 0.2) is 36.5 Å². The molecule has 2 aromatic heterocycles. The van der Waals surface area contributed by atoms with Gasteiger partial charge in [-0.2, -0.15) is 0 Å². The molecule has 0 atom stereocenters. The van der Waals surface area contributed by atoms with E-state index < -0.39 is 6.17 Å². The molecule has 4 aromatic rings. The fraction of sp³-hybridized carbons (Fsp3) is 0.385. The Hall–Kier alpha value is -3.04. The number of piperidine rings is 1. The van der Waals surface area contributed by atoms with Gasteiger partial charge in [0.2, 0.25) is 0 Å². The number of hydrogen-bond acceptors (Lipinski definition) is 5. The quantitative estimate of drug-likeness (QED) is 0.375. The molecule has 0 radical (unpaired) electrons. The molecule has 1 fully saturated rings. The van der Waals surface area contributed by atoms with Gasteiger partial charge in [-0.3, -0.25) is 9.20 Å². The number of carbonyl (C=O) groups is 1. The second kappa shape index (κ2) is 9.20. The summed E-state index contributed by atoms with van der Waals surface area (Å²) in [4.78, 5) is 20.4. The van der Waals surface area contributed by atoms with E-state index in [-0.39, 0.29) is 11.7 Å². The number of fused-ring (bicyclic) bond motifs is 4. The first-order chi connectivity index (χ1) is 17.1. The third kappa shape index (κ3) is 4.27. The first-order valence-corrected chi connectivity index (χ1v) is 13.0. The normalized spacial score (nSPS) is 16.6. The second-order valence-electron chi connectivity index (χ2n) is 9.32. The van der Waals surface area contributed by atoms with Gasteiger partial charge in [0.15, 0.2) is 4.96 Å². The van der Waals surface area contributed by atoms with Crippen molar-refractivity contribution in [3.8, 4) is 11.3 Å². The highest BCUT2D eigenvalue weighted by Gasteiger charge is 2.21. The number of alkyl halides is 1. The van der Waals surface area contributed by atoms with Gasteiger partial charge < -0.3 is 15.5 Å². The van der Waals surface area contributed by atoms with E-state index in [0.29, 0.717) is 42.6 Å². The van der Waals surface area contributed by atoms with Crippen molar-refractivity contribution in [2.24, 2.45) is 0 Å². The minimum absolute atomic E-state index is 0.102. The van der Waals surface area contributed by atoms with Crippen LogP contribution in [0.4, 0.5) is 14.5 Å². The number of rotatable bonds is 6. The van der Waals surface area contributed by atoms with Crippen molar-refractivity contribution in [3.05, 3.63) is 53.5 Å². The number of hydrogen-bond donors (Lipinski definition) is 2. The lowest BCUT2D eigenvalue weighted by atomic mass is 10.1. The van der Waals surface area contributed by atoms with Crippen molar-refractivity contribution in [2.45, 2.75) is 31.9 Å². The van der Waals surface area contributed by atoms with Crippen LogP contribution >= 0.6 is 11.3 Å². The molecule has 0 spiro atoms. The van der Waals surface area contributed by atoms with E-state index in [0.717, 1.165) is 59.0 Å². The van der Waals surface area contributed by atoms with Gasteiger partial charge >= 0.3 is 0 Å². The van der Waals surface area contributed by atoms with Gasteiger partial charge in [-0.1, -0.05) is 11.3 Å². The number of anilines is 1. The summed E-state index contributed by atoms with van der Waals surface area (Å²) in [6, 6.07) is 9.33. The summed E-state index contributed by atoms with van der Waals surface area (Å²) >= 11 is 1.49. The Morgan fingerprint density at radius 3 is 2.94 bits per heavy atom. The molecule has 0 unspecified atom stereocenters. The molecule has 0 saturated carbocycles. The largest absolute Gasteiger partial charge is 0.384 e. The number of nitrogens with one attached hydrogen (secondary N) is 2. The first kappa shape index (κ1) is 22.4. The van der Waals surface area contributed by atoms with Crippen LogP contribution in [-0.4, -0.2) is 59.1 Å². The lowest BCUT2D eigenvalue weighted by molar-refractivity contribution is 0.0950. The second-order valence-corrected chi connectivity index (χ2v) is 10.3. The number of likely N-dealkylation sites (tertiary alicyclic amines) is 1. The zero-order chi connectivity index (χ0) is 23.9. The molecule has 35 heavy (non-hydrogen) atoms. The number of halogens is 2. The maximum atomic E-state index is 15.1. The van der Waals surface area contributed by atoms with Gasteiger partial charge in [0.1, 0.15) is 12.0 Å². The van der Waals surface area contributed by atoms with Crippen molar-refractivity contribution < 1.29 is 13.6 Å². The molecule has 0 aliphatic carbocycles. The van der Waals surface area contributed by atoms with E-state index >= 15 is 4.39 Å². The fourth-order valence-corrected chi connectivity index (χ4v) is 6.10. The lowest BCUT2D eigenvalue weighted by Gasteiger charge is -2.28. The van der Waals surface area contributed by atoms with Crippen LogP contribution in [0.2, 0.25) is 0 Å². The molecular formula is C26H27F2N5OS. The molecular weight excluding hydrogens is 468 g/mol. The van der Waals surface area contributed by atoms with Gasteiger partial charge in [0.25, 0.3) is 5.91 Å². The van der Waals surface area contributed by atoms with E-state index in [1.807, 2.05) is 34.9 Å². The Morgan fingerprint density at radius 1 is 1.23 bits per heavy atom. The zero-order valence-corrected chi connectivity index (χ0v) is 20.1. The molecule has 0 bridgehead atoms. The minimum atomic E-state index is -0.662. The molecule has 2 N–H and O–H groups in total. The summed E-state index contributed by atoms with van der Waals surface area (Å²) in [7, 11) is 0. The highest BCUT2D eigenvalue weighted by Crippen LogP contribution is 2.35. The van der Waals surface area contributed by atoms with Crippen molar-refractivity contribution in [3.63, 3.8) is 0 Å². The van der Waals surface area contributed by atoms with Crippen LogP contribution in [0.1, 0.15) is 35.2 Å². The van der Waals surface area contributed by atoms with Gasteiger partial charge in [-0.05, 0) is 62.6 Å². The summed E-state index contributed by atoms with van der Waals surface area (Å²) in [5, 5.41) is 6.19. The maximum Gasteiger partial charge on any atom is 0.251 e. The summed E-state index contributed by atoms with van der Waals surface area (Å²) < 4.78 is 31.2. The van der Waals surface area contributed by atoms with Crippen LogP contribution < -0.4 is 10.6 Å². The Labute approximate surface area is 206 Å². The third-order valence-electron chi connectivity index (χ3n) is 7.02. The van der Waals surface area contributed by atoms with Gasteiger partial charge in [-0.15, -0.1) is 0 Å². The number of carbonyl (C=O) groups excluding carboxylic acids is 1. The zero-order valence-electron chi connectivity index (χ0n) is 19.3. The molecule has 182 valence electrons. The Balaban J connectivity index is 1.14. The van der Waals surface area contributed by atoms with Crippen LogP contribution in [0, 0.1) is 5.82 Å². The van der Waals surface area contributed by atoms with Crippen molar-refractivity contribution >= 4 is 38.1 Å². The number of aromatic nitrogens is 2. The molecule has 2 aromatic carbocycles. The predicted molar refractivity (Wildman–Crippen MR) is 136 cm³/mol. The topological polar surface area (TPSA) is 61.7 Å². The fourth-order valence-electron chi connectivity index (χ4n) is 5.06. The lowest BCUT2D eigenvalue weighted by Crippen LogP contribution is -2.36. The van der Waals surface area contributed by atoms with Crippen LogP contribution in [0.25, 0.3) is 26.4 Å². The number of nitrogens with zero attached hydrogens (tertiary/aromatic N) is 3. The Bertz CT molecular complexity index is 1410. The molecule has 2 aliphatic rings. The number of thiazole rings is 1. The average Bonchev–Trinajstić information content (AvgIpc) is 3.57. The minimum Gasteiger partial charge on any atom is -0.384 e. The Kier molecular flexibility index (Phi) is 5.89. The molecule has 6 rings (SSSR count). The van der Waals surface area contributed by atoms with E-state index in [4.69, 9.17) is 0 Å². The summed E-state index contributed by atoms with van der Waals surface area (Å²) in [5.41, 5.74) is 4.27. The number of imidazole rings is 1.